The zero-order valence-corrected chi connectivity index (χ0v) is 18.5. The lowest BCUT2D eigenvalue weighted by Crippen LogP contribution is -2.37. The van der Waals surface area contributed by atoms with Crippen LogP contribution in [0.25, 0.3) is 11.2 Å². The third kappa shape index (κ3) is 3.11. The minimum absolute atomic E-state index is 0.0981. The van der Waals surface area contributed by atoms with E-state index in [0.29, 0.717) is 15.8 Å². The number of fused-ring (bicyclic) bond motifs is 1. The van der Waals surface area contributed by atoms with E-state index < -0.39 is 11.5 Å². The van der Waals surface area contributed by atoms with Crippen LogP contribution in [-0.4, -0.2) is 25.6 Å². The van der Waals surface area contributed by atoms with Crippen LogP contribution in [0.15, 0.2) is 108 Å². The van der Waals surface area contributed by atoms with Crippen LogP contribution < -0.4 is 0 Å². The molecule has 0 aliphatic heterocycles. The van der Waals surface area contributed by atoms with Crippen molar-refractivity contribution in [2.45, 2.75) is 5.54 Å². The number of nitrogens with zero attached hydrogens (tertiary/aromatic N) is 3. The van der Waals surface area contributed by atoms with Crippen molar-refractivity contribution in [3.05, 3.63) is 130 Å². The molecule has 2 heterocycles. The Kier molecular flexibility index (Phi) is 5.07. The van der Waals surface area contributed by atoms with Gasteiger partial charge in [0.1, 0.15) is 21.2 Å². The van der Waals surface area contributed by atoms with E-state index in [0.717, 1.165) is 16.7 Å². The average Bonchev–Trinajstić information content (AvgIpc) is 3.21. The Hall–Kier alpha value is -3.77. The van der Waals surface area contributed by atoms with Gasteiger partial charge in [-0.25, -0.2) is 14.8 Å². The molecule has 6 heteroatoms. The van der Waals surface area contributed by atoms with Crippen LogP contribution in [-0.2, 0) is 5.54 Å². The maximum Gasteiger partial charge on any atom is 0.339 e. The predicted molar refractivity (Wildman–Crippen MR) is 127 cm³/mol. The molecule has 0 atom stereocenters. The molecule has 0 bridgehead atoms. The van der Waals surface area contributed by atoms with Crippen molar-refractivity contribution in [1.29, 1.82) is 0 Å². The summed E-state index contributed by atoms with van der Waals surface area (Å²) in [6.07, 6.45) is 3.24. The highest BCUT2D eigenvalue weighted by Gasteiger charge is 2.40. The van der Waals surface area contributed by atoms with Crippen molar-refractivity contribution in [1.82, 2.24) is 14.5 Å². The van der Waals surface area contributed by atoms with Crippen molar-refractivity contribution in [2.24, 2.45) is 0 Å². The van der Waals surface area contributed by atoms with E-state index >= 15 is 0 Å². The molecule has 0 saturated carbocycles. The number of hydrogen-bond acceptors (Lipinski definition) is 3. The maximum atomic E-state index is 12.2. The fourth-order valence-corrected chi connectivity index (χ4v) is 4.62. The number of carbonyl (C=O) groups is 1. The Bertz CT molecular complexity index is 1300. The van der Waals surface area contributed by atoms with Gasteiger partial charge in [0.25, 0.3) is 0 Å². The zero-order chi connectivity index (χ0) is 22.1. The standard InChI is InChI=1S/C26H18BrN3O2/c27-22-16-28-24-23(29-22)21(25(31)32)17-30(24)26(18-10-4-1-5-11-18,19-12-6-2-7-13-19)20-14-8-3-9-15-20/h1-17H,(H,31,32). The lowest BCUT2D eigenvalue weighted by Gasteiger charge is -2.38. The molecular weight excluding hydrogens is 466 g/mol. The fourth-order valence-electron chi connectivity index (χ4n) is 4.34. The van der Waals surface area contributed by atoms with E-state index in [9.17, 15) is 9.90 Å². The molecule has 5 aromatic rings. The summed E-state index contributed by atoms with van der Waals surface area (Å²) >= 11 is 3.33. The van der Waals surface area contributed by atoms with Gasteiger partial charge >= 0.3 is 5.97 Å². The summed E-state index contributed by atoms with van der Waals surface area (Å²) < 4.78 is 2.42. The Morgan fingerprint density at radius 3 is 1.72 bits per heavy atom. The van der Waals surface area contributed by atoms with E-state index in [-0.39, 0.29) is 5.56 Å². The molecule has 0 aliphatic carbocycles. The molecule has 0 amide bonds. The van der Waals surface area contributed by atoms with Gasteiger partial charge in [-0.05, 0) is 32.6 Å². The molecular formula is C26H18BrN3O2. The number of rotatable bonds is 5. The second-order valence-corrected chi connectivity index (χ2v) is 8.20. The summed E-state index contributed by atoms with van der Waals surface area (Å²) in [5, 5.41) is 9.97. The monoisotopic (exact) mass is 483 g/mol. The van der Waals surface area contributed by atoms with Crippen LogP contribution in [0.3, 0.4) is 0 Å². The molecule has 0 unspecified atom stereocenters. The Morgan fingerprint density at radius 2 is 1.28 bits per heavy atom. The van der Waals surface area contributed by atoms with Crippen molar-refractivity contribution < 1.29 is 9.90 Å². The number of carboxylic acid groups (broad SMARTS) is 1. The number of hydrogen-bond donors (Lipinski definition) is 1. The molecule has 1 N–H and O–H groups in total. The van der Waals surface area contributed by atoms with Gasteiger partial charge in [-0.1, -0.05) is 91.0 Å². The van der Waals surface area contributed by atoms with Crippen molar-refractivity contribution in [3.8, 4) is 0 Å². The Labute approximate surface area is 193 Å². The van der Waals surface area contributed by atoms with Crippen LogP contribution >= 0.6 is 15.9 Å². The van der Waals surface area contributed by atoms with E-state index in [1.54, 1.807) is 12.4 Å². The molecule has 5 nitrogen and oxygen atoms in total. The third-order valence-electron chi connectivity index (χ3n) is 5.63. The molecule has 0 radical (unpaired) electrons. The number of benzene rings is 3. The molecule has 0 spiro atoms. The van der Waals surface area contributed by atoms with Gasteiger partial charge in [-0.2, -0.15) is 0 Å². The first-order chi connectivity index (χ1) is 15.6. The lowest BCUT2D eigenvalue weighted by atomic mass is 9.76. The van der Waals surface area contributed by atoms with Gasteiger partial charge in [-0.3, -0.25) is 0 Å². The largest absolute Gasteiger partial charge is 0.478 e. The quantitative estimate of drug-likeness (QED) is 0.324. The van der Waals surface area contributed by atoms with E-state index in [1.807, 2.05) is 59.2 Å². The Balaban J connectivity index is 2.00. The first-order valence-electron chi connectivity index (χ1n) is 10.1. The molecule has 2 aromatic heterocycles. The molecule has 0 fully saturated rings. The van der Waals surface area contributed by atoms with Gasteiger partial charge in [0.05, 0.1) is 6.20 Å². The summed E-state index contributed by atoms with van der Waals surface area (Å²) in [4.78, 5) is 21.3. The SMILES string of the molecule is O=C(O)c1cn(C(c2ccccc2)(c2ccccc2)c2ccccc2)c2ncc(Br)nc12. The number of halogens is 1. The summed E-state index contributed by atoms with van der Waals surface area (Å²) in [5.41, 5.74) is 3.00. The lowest BCUT2D eigenvalue weighted by molar-refractivity contribution is 0.0698. The summed E-state index contributed by atoms with van der Waals surface area (Å²) in [7, 11) is 0. The number of aromatic nitrogens is 3. The van der Waals surface area contributed by atoms with Crippen LogP contribution in [0.1, 0.15) is 27.0 Å². The minimum atomic E-state index is -1.05. The second-order valence-electron chi connectivity index (χ2n) is 7.39. The molecule has 156 valence electrons. The summed E-state index contributed by atoms with van der Waals surface area (Å²) in [6, 6.07) is 30.2. The predicted octanol–water partition coefficient (Wildman–Crippen LogP) is 5.73. The van der Waals surface area contributed by atoms with Gasteiger partial charge in [-0.15, -0.1) is 0 Å². The number of aromatic carboxylic acids is 1. The Morgan fingerprint density at radius 1 is 0.812 bits per heavy atom. The van der Waals surface area contributed by atoms with Crippen LogP contribution in [0.5, 0.6) is 0 Å². The van der Waals surface area contributed by atoms with Crippen LogP contribution in [0, 0.1) is 0 Å². The highest BCUT2D eigenvalue weighted by Crippen LogP contribution is 2.43. The topological polar surface area (TPSA) is 68.0 Å². The second kappa shape index (κ2) is 8.05. The van der Waals surface area contributed by atoms with Crippen molar-refractivity contribution >= 4 is 33.1 Å². The van der Waals surface area contributed by atoms with Gasteiger partial charge in [0, 0.05) is 6.20 Å². The van der Waals surface area contributed by atoms with Crippen molar-refractivity contribution in [2.75, 3.05) is 0 Å². The maximum absolute atomic E-state index is 12.2. The third-order valence-corrected chi connectivity index (χ3v) is 6.01. The van der Waals surface area contributed by atoms with Crippen LogP contribution in [0.4, 0.5) is 0 Å². The van der Waals surface area contributed by atoms with E-state index in [4.69, 9.17) is 0 Å². The summed E-state index contributed by atoms with van der Waals surface area (Å²) in [6.45, 7) is 0. The first kappa shape index (κ1) is 20.2. The first-order valence-corrected chi connectivity index (χ1v) is 10.9. The normalized spacial score (nSPS) is 11.5. The molecule has 5 rings (SSSR count). The fraction of sp³-hybridized carbons (Fsp3) is 0.0385. The minimum Gasteiger partial charge on any atom is -0.478 e. The van der Waals surface area contributed by atoms with Gasteiger partial charge in [0.2, 0.25) is 0 Å². The van der Waals surface area contributed by atoms with Gasteiger partial charge in [0.15, 0.2) is 5.65 Å². The molecule has 32 heavy (non-hydrogen) atoms. The smallest absolute Gasteiger partial charge is 0.339 e. The highest BCUT2D eigenvalue weighted by atomic mass is 79.9. The molecule has 3 aromatic carbocycles. The molecule has 0 saturated heterocycles. The summed E-state index contributed by atoms with van der Waals surface area (Å²) in [5.74, 6) is -1.05. The van der Waals surface area contributed by atoms with Crippen LogP contribution in [0.2, 0.25) is 0 Å². The molecule has 0 aliphatic rings. The number of carboxylic acids is 1. The van der Waals surface area contributed by atoms with E-state index in [2.05, 4.69) is 62.3 Å². The van der Waals surface area contributed by atoms with Gasteiger partial charge < -0.3 is 9.67 Å². The highest BCUT2D eigenvalue weighted by molar-refractivity contribution is 9.10. The average molecular weight is 484 g/mol. The van der Waals surface area contributed by atoms with Crippen molar-refractivity contribution in [3.63, 3.8) is 0 Å². The zero-order valence-electron chi connectivity index (χ0n) is 16.9. The van der Waals surface area contributed by atoms with E-state index in [1.165, 1.54) is 0 Å².